The molecule has 0 saturated carbocycles. The molecule has 0 spiro atoms. The van der Waals surface area contributed by atoms with Gasteiger partial charge in [0.15, 0.2) is 17.5 Å². The summed E-state index contributed by atoms with van der Waals surface area (Å²) in [5.41, 5.74) is 4.59. The van der Waals surface area contributed by atoms with Gasteiger partial charge in [0.2, 0.25) is 0 Å². The molecule has 2 aromatic heterocycles. The van der Waals surface area contributed by atoms with E-state index in [4.69, 9.17) is 24.5 Å². The number of para-hydroxylation sites is 1. The Bertz CT molecular complexity index is 3610. The van der Waals surface area contributed by atoms with E-state index in [-0.39, 0.29) is 21.8 Å². The van der Waals surface area contributed by atoms with Crippen LogP contribution in [0.1, 0.15) is 16.4 Å². The van der Waals surface area contributed by atoms with Crippen LogP contribution < -0.4 is 0 Å². The van der Waals surface area contributed by atoms with Crippen LogP contribution >= 0.6 is 0 Å². The van der Waals surface area contributed by atoms with Crippen molar-refractivity contribution in [1.82, 2.24) is 19.5 Å². The van der Waals surface area contributed by atoms with Gasteiger partial charge in [0.25, 0.3) is 0 Å². The molecule has 0 atom stereocenters. The third-order valence-electron chi connectivity index (χ3n) is 9.41. The zero-order valence-electron chi connectivity index (χ0n) is 41.0. The normalized spacial score (nSPS) is 14.3. The molecule has 4 heteroatoms. The number of nitrogens with zero attached hydrogens (tertiary/aromatic N) is 4. The maximum absolute atomic E-state index is 9.63. The first-order valence-corrected chi connectivity index (χ1v) is 17.6. The zero-order chi connectivity index (χ0) is 47.0. The predicted molar refractivity (Wildman–Crippen MR) is 227 cm³/mol. The molecule has 0 aliphatic rings. The van der Waals surface area contributed by atoms with Gasteiger partial charge in [0.05, 0.1) is 33.2 Å². The van der Waals surface area contributed by atoms with Crippen molar-refractivity contribution in [3.63, 3.8) is 0 Å². The average molecular weight is 715 g/mol. The lowest BCUT2D eigenvalue weighted by molar-refractivity contribution is 1.07. The van der Waals surface area contributed by atoms with E-state index in [1.54, 1.807) is 12.1 Å². The maximum atomic E-state index is 9.63. The van der Waals surface area contributed by atoms with E-state index in [0.29, 0.717) is 39.9 Å². The molecule has 55 heavy (non-hydrogen) atoms. The van der Waals surface area contributed by atoms with E-state index in [1.807, 2.05) is 121 Å². The smallest absolute Gasteiger partial charge is 0.164 e. The summed E-state index contributed by atoms with van der Waals surface area (Å²) in [7, 11) is 0. The monoisotopic (exact) mass is 714 g/mol. The molecule has 0 aliphatic heterocycles. The Kier molecular flexibility index (Phi) is 5.52. The van der Waals surface area contributed by atoms with Gasteiger partial charge in [-0.1, -0.05) is 170 Å². The van der Waals surface area contributed by atoms with Gasteiger partial charge in [0, 0.05) is 33.0 Å². The van der Waals surface area contributed by atoms with Gasteiger partial charge in [-0.3, -0.25) is 0 Å². The van der Waals surface area contributed by atoms with Gasteiger partial charge in [0.1, 0.15) is 0 Å². The molecule has 8 aromatic carbocycles. The first-order chi connectivity index (χ1) is 32.3. The van der Waals surface area contributed by atoms with E-state index < -0.39 is 83.6 Å². The van der Waals surface area contributed by atoms with Gasteiger partial charge in [-0.25, -0.2) is 15.0 Å². The topological polar surface area (TPSA) is 43.6 Å². The Morgan fingerprint density at radius 2 is 0.873 bits per heavy atom. The SMILES string of the molecule is [2H]c1c([2H])c([2H])c(-c2c([2H])c([2H])c3c(c2[2H])c2c([2H])c([2H])c([2H])c([2H])c2n3-c2ccc(-c3nc(-c4ccccc4)nc(-c4ccc(-c5ccccc5)cc4)n3)cc2-c2ccccc2)c([2H])c1[2H]. The Balaban J connectivity index is 1.26. The molecule has 4 nitrogen and oxygen atoms in total. The Morgan fingerprint density at radius 1 is 0.364 bits per heavy atom. The van der Waals surface area contributed by atoms with Crippen molar-refractivity contribution in [2.75, 3.05) is 0 Å². The van der Waals surface area contributed by atoms with Gasteiger partial charge >= 0.3 is 0 Å². The van der Waals surface area contributed by atoms with Crippen molar-refractivity contribution in [3.05, 3.63) is 206 Å². The second kappa shape index (κ2) is 13.8. The molecule has 0 amide bonds. The molecule has 0 fully saturated rings. The van der Waals surface area contributed by atoms with E-state index in [9.17, 15) is 6.85 Å². The molecular weight excluding hydrogens is 669 g/mol. The molecular formula is C51H34N4. The molecule has 10 aromatic rings. The predicted octanol–water partition coefficient (Wildman–Crippen LogP) is 13.0. The van der Waals surface area contributed by atoms with Crippen LogP contribution in [0.25, 0.3) is 95.0 Å². The number of benzene rings is 8. The van der Waals surface area contributed by atoms with E-state index in [2.05, 4.69) is 0 Å². The quantitative estimate of drug-likeness (QED) is 0.165. The van der Waals surface area contributed by atoms with Crippen molar-refractivity contribution < 1.29 is 16.4 Å². The maximum Gasteiger partial charge on any atom is 0.164 e. The number of hydrogen-bond acceptors (Lipinski definition) is 3. The number of fused-ring (bicyclic) bond motifs is 3. The van der Waals surface area contributed by atoms with Gasteiger partial charge in [-0.2, -0.15) is 0 Å². The Labute approximate surface area is 336 Å². The average Bonchev–Trinajstić information content (AvgIpc) is 3.74. The van der Waals surface area contributed by atoms with Crippen molar-refractivity contribution in [1.29, 1.82) is 0 Å². The van der Waals surface area contributed by atoms with Crippen molar-refractivity contribution in [2.24, 2.45) is 0 Å². The first-order valence-electron chi connectivity index (χ1n) is 23.6. The Morgan fingerprint density at radius 3 is 1.56 bits per heavy atom. The van der Waals surface area contributed by atoms with Crippen LogP contribution in [0, 0.1) is 0 Å². The molecule has 0 radical (unpaired) electrons. The fourth-order valence-electron chi connectivity index (χ4n) is 6.77. The molecule has 10 rings (SSSR count). The summed E-state index contributed by atoms with van der Waals surface area (Å²) < 4.78 is 108. The van der Waals surface area contributed by atoms with Crippen molar-refractivity contribution in [2.45, 2.75) is 0 Å². The number of aromatic nitrogens is 4. The van der Waals surface area contributed by atoms with Crippen LogP contribution in [0.5, 0.6) is 0 Å². The first kappa shape index (κ1) is 21.9. The lowest BCUT2D eigenvalue weighted by atomic mass is 9.99. The highest BCUT2D eigenvalue weighted by Crippen LogP contribution is 2.39. The van der Waals surface area contributed by atoms with Crippen molar-refractivity contribution in [3.8, 4) is 73.2 Å². The van der Waals surface area contributed by atoms with Gasteiger partial charge < -0.3 is 4.57 Å². The standard InChI is InChI=1S/C51H34N4/c1-5-15-35(16-6-1)37-25-27-40(28-26-37)50-52-49(39-21-11-4-12-22-39)53-51(54-50)42-30-32-47(44(34-42)38-19-9-3-10-20-38)55-46-24-14-13-23-43(46)45-33-41(29-31-48(45)55)36-17-7-2-8-18-36/h1-34H/i2D,7D,8D,13D,14D,17D,18D,23D,24D,29D,31D,33D. The van der Waals surface area contributed by atoms with Gasteiger partial charge in [-0.15, -0.1) is 0 Å². The zero-order valence-corrected chi connectivity index (χ0v) is 29.0. The van der Waals surface area contributed by atoms with E-state index in [0.717, 1.165) is 22.3 Å². The van der Waals surface area contributed by atoms with E-state index in [1.165, 1.54) is 4.57 Å². The largest absolute Gasteiger partial charge is 0.309 e. The molecule has 0 saturated heterocycles. The highest BCUT2D eigenvalue weighted by molar-refractivity contribution is 6.11. The second-order valence-electron chi connectivity index (χ2n) is 12.7. The third kappa shape index (κ3) is 6.06. The highest BCUT2D eigenvalue weighted by Gasteiger charge is 2.19. The van der Waals surface area contributed by atoms with Crippen molar-refractivity contribution >= 4 is 21.8 Å². The summed E-state index contributed by atoms with van der Waals surface area (Å²) in [6, 6.07) is 34.7. The van der Waals surface area contributed by atoms with Crippen LogP contribution in [0.4, 0.5) is 0 Å². The molecule has 258 valence electrons. The van der Waals surface area contributed by atoms with Crippen LogP contribution in [-0.4, -0.2) is 19.5 Å². The summed E-state index contributed by atoms with van der Waals surface area (Å²) >= 11 is 0. The van der Waals surface area contributed by atoms with Crippen LogP contribution in [0.3, 0.4) is 0 Å². The molecule has 2 heterocycles. The van der Waals surface area contributed by atoms with Crippen LogP contribution in [-0.2, 0) is 0 Å². The molecule has 0 N–H and O–H groups in total. The minimum Gasteiger partial charge on any atom is -0.309 e. The summed E-state index contributed by atoms with van der Waals surface area (Å²) in [6.45, 7) is 0. The fraction of sp³-hybridized carbons (Fsp3) is 0. The lowest BCUT2D eigenvalue weighted by Gasteiger charge is -2.16. The summed E-state index contributed by atoms with van der Waals surface area (Å²) in [6.07, 6.45) is 0. The van der Waals surface area contributed by atoms with Crippen LogP contribution in [0.15, 0.2) is 206 Å². The number of hydrogen-bond donors (Lipinski definition) is 0. The molecule has 0 bridgehead atoms. The highest BCUT2D eigenvalue weighted by atomic mass is 15.0. The van der Waals surface area contributed by atoms with E-state index >= 15 is 0 Å². The molecule has 0 unspecified atom stereocenters. The van der Waals surface area contributed by atoms with Gasteiger partial charge in [-0.05, 0) is 64.1 Å². The minimum atomic E-state index is -0.694. The Hall–Kier alpha value is -7.43. The number of rotatable bonds is 7. The summed E-state index contributed by atoms with van der Waals surface area (Å²) in [5, 5.41) is -0.287. The molecule has 0 aliphatic carbocycles. The third-order valence-corrected chi connectivity index (χ3v) is 9.41. The lowest BCUT2D eigenvalue weighted by Crippen LogP contribution is -2.02. The summed E-state index contributed by atoms with van der Waals surface area (Å²) in [5.74, 6) is 1.18. The fourth-order valence-corrected chi connectivity index (χ4v) is 6.77. The summed E-state index contributed by atoms with van der Waals surface area (Å²) in [4.78, 5) is 14.9. The second-order valence-corrected chi connectivity index (χ2v) is 12.7. The van der Waals surface area contributed by atoms with Crippen LogP contribution in [0.2, 0.25) is 0 Å². The minimum absolute atomic E-state index is 0.0849.